The summed E-state index contributed by atoms with van der Waals surface area (Å²) in [6, 6.07) is 9.06. The second kappa shape index (κ2) is 9.46. The van der Waals surface area contributed by atoms with Crippen LogP contribution in [0.2, 0.25) is 0 Å². The van der Waals surface area contributed by atoms with Crippen LogP contribution in [0.4, 0.5) is 5.13 Å². The Hall–Kier alpha value is -3.02. The summed E-state index contributed by atoms with van der Waals surface area (Å²) in [5.74, 6) is -0.374. The van der Waals surface area contributed by atoms with Gasteiger partial charge in [-0.25, -0.2) is 17.7 Å². The topological polar surface area (TPSA) is 113 Å². The Kier molecular flexibility index (Phi) is 6.63. The van der Waals surface area contributed by atoms with Crippen LogP contribution in [-0.4, -0.2) is 61.1 Å². The fraction of sp³-hybridized carbons (Fsp3) is 0.318. The number of rotatable bonds is 6. The number of benzene rings is 1. The molecule has 1 N–H and O–H groups in total. The summed E-state index contributed by atoms with van der Waals surface area (Å²) in [6.45, 7) is 0.489. The zero-order chi connectivity index (χ0) is 23.6. The summed E-state index contributed by atoms with van der Waals surface area (Å²) in [5, 5.41) is 5.03. The van der Waals surface area contributed by atoms with Crippen molar-refractivity contribution in [2.75, 3.05) is 26.0 Å². The molecule has 9 nitrogen and oxygen atoms in total. The van der Waals surface area contributed by atoms with Gasteiger partial charge in [0.05, 0.1) is 16.9 Å². The van der Waals surface area contributed by atoms with E-state index in [1.807, 2.05) is 0 Å². The van der Waals surface area contributed by atoms with Crippen molar-refractivity contribution >= 4 is 38.3 Å². The number of carbonyl (C=O) groups is 2. The number of nitrogens with one attached hydrogen (secondary N) is 1. The molecule has 1 aromatic carbocycles. The lowest BCUT2D eigenvalue weighted by atomic mass is 10.0. The van der Waals surface area contributed by atoms with Crippen molar-refractivity contribution in [1.82, 2.24) is 14.2 Å². The van der Waals surface area contributed by atoms with Crippen molar-refractivity contribution in [1.29, 1.82) is 0 Å². The Morgan fingerprint density at radius 2 is 1.94 bits per heavy atom. The largest absolute Gasteiger partial charge is 0.459 e. The van der Waals surface area contributed by atoms with Gasteiger partial charge in [-0.2, -0.15) is 0 Å². The minimum absolute atomic E-state index is 0.193. The van der Waals surface area contributed by atoms with Crippen molar-refractivity contribution in [3.05, 3.63) is 53.8 Å². The molecule has 1 aliphatic rings. The van der Waals surface area contributed by atoms with Crippen molar-refractivity contribution in [2.24, 2.45) is 0 Å². The molecule has 3 aromatic rings. The van der Waals surface area contributed by atoms with Gasteiger partial charge in [0.2, 0.25) is 15.9 Å². The molecule has 1 fully saturated rings. The number of carbonyl (C=O) groups excluding carboxylic acids is 2. The van der Waals surface area contributed by atoms with Crippen LogP contribution < -0.4 is 5.32 Å². The predicted octanol–water partition coefficient (Wildman–Crippen LogP) is 3.29. The molecular formula is C22H24N4O5S2. The van der Waals surface area contributed by atoms with Crippen LogP contribution in [0.5, 0.6) is 0 Å². The minimum atomic E-state index is -3.51. The fourth-order valence-corrected chi connectivity index (χ4v) is 5.27. The highest BCUT2D eigenvalue weighted by atomic mass is 32.2. The summed E-state index contributed by atoms with van der Waals surface area (Å²) in [5.41, 5.74) is 1.35. The van der Waals surface area contributed by atoms with Gasteiger partial charge in [0.25, 0.3) is 5.91 Å². The standard InChI is InChI=1S/C22H24N4O5S2/c1-25(2)33(29,30)16-10-8-15(9-11-16)17-14-32-22(23-17)24-20(27)18-6-3-4-12-26(18)21(28)19-7-5-13-31-19/h5,7-11,13-14,18H,3-4,6,12H2,1-2H3,(H,23,24,27). The molecule has 1 aliphatic heterocycles. The average Bonchev–Trinajstić information content (AvgIpc) is 3.51. The van der Waals surface area contributed by atoms with E-state index in [9.17, 15) is 18.0 Å². The Morgan fingerprint density at radius 1 is 1.18 bits per heavy atom. The van der Waals surface area contributed by atoms with Crippen LogP contribution in [0, 0.1) is 0 Å². The van der Waals surface area contributed by atoms with E-state index in [-0.39, 0.29) is 22.5 Å². The van der Waals surface area contributed by atoms with E-state index in [0.717, 1.165) is 22.7 Å². The monoisotopic (exact) mass is 488 g/mol. The summed E-state index contributed by atoms with van der Waals surface area (Å²) >= 11 is 1.27. The first kappa shape index (κ1) is 23.1. The Labute approximate surface area is 196 Å². The van der Waals surface area contributed by atoms with Gasteiger partial charge in [-0.3, -0.25) is 9.59 Å². The maximum atomic E-state index is 13.0. The summed E-state index contributed by atoms with van der Waals surface area (Å²) in [7, 11) is -0.547. The highest BCUT2D eigenvalue weighted by Gasteiger charge is 2.34. The van der Waals surface area contributed by atoms with E-state index in [1.54, 1.807) is 34.5 Å². The van der Waals surface area contributed by atoms with Gasteiger partial charge in [-0.15, -0.1) is 11.3 Å². The maximum absolute atomic E-state index is 13.0. The molecule has 4 rings (SSSR count). The first-order valence-corrected chi connectivity index (χ1v) is 12.7. The number of amides is 2. The number of thiazole rings is 1. The number of likely N-dealkylation sites (tertiary alicyclic amines) is 1. The van der Waals surface area contributed by atoms with Crippen LogP contribution in [0.25, 0.3) is 11.3 Å². The van der Waals surface area contributed by atoms with Gasteiger partial charge in [-0.05, 0) is 43.5 Å². The summed E-state index contributed by atoms with van der Waals surface area (Å²) in [4.78, 5) is 31.9. The number of sulfonamides is 1. The van der Waals surface area contributed by atoms with E-state index in [4.69, 9.17) is 4.42 Å². The fourth-order valence-electron chi connectivity index (χ4n) is 3.65. The molecule has 2 amide bonds. The molecule has 0 aliphatic carbocycles. The highest BCUT2D eigenvalue weighted by molar-refractivity contribution is 7.89. The van der Waals surface area contributed by atoms with Crippen LogP contribution in [-0.2, 0) is 14.8 Å². The molecule has 1 unspecified atom stereocenters. The second-order valence-corrected chi connectivity index (χ2v) is 10.8. The van der Waals surface area contributed by atoms with Gasteiger partial charge in [0.15, 0.2) is 10.9 Å². The van der Waals surface area contributed by atoms with Crippen molar-refractivity contribution < 1.29 is 22.4 Å². The maximum Gasteiger partial charge on any atom is 0.290 e. The molecule has 0 saturated carbocycles. The molecular weight excluding hydrogens is 464 g/mol. The number of piperidine rings is 1. The molecule has 2 aromatic heterocycles. The average molecular weight is 489 g/mol. The number of anilines is 1. The third-order valence-corrected chi connectivity index (χ3v) is 8.05. The van der Waals surface area contributed by atoms with E-state index in [2.05, 4.69) is 10.3 Å². The van der Waals surface area contributed by atoms with Crippen molar-refractivity contribution in [3.63, 3.8) is 0 Å². The van der Waals surface area contributed by atoms with E-state index >= 15 is 0 Å². The summed E-state index contributed by atoms with van der Waals surface area (Å²) in [6.07, 6.45) is 3.69. The molecule has 33 heavy (non-hydrogen) atoms. The normalized spacial score (nSPS) is 16.7. The molecule has 0 radical (unpaired) electrons. The Bertz CT molecular complexity index is 1230. The van der Waals surface area contributed by atoms with Crippen LogP contribution in [0.1, 0.15) is 29.8 Å². The van der Waals surface area contributed by atoms with Gasteiger partial charge >= 0.3 is 0 Å². The Balaban J connectivity index is 1.46. The molecule has 3 heterocycles. The summed E-state index contributed by atoms with van der Waals surface area (Å²) < 4.78 is 30.8. The quantitative estimate of drug-likeness (QED) is 0.570. The van der Waals surface area contributed by atoms with E-state index in [1.165, 1.54) is 43.8 Å². The van der Waals surface area contributed by atoms with Crippen molar-refractivity contribution in [3.8, 4) is 11.3 Å². The van der Waals surface area contributed by atoms with Gasteiger partial charge in [0, 0.05) is 31.6 Å². The minimum Gasteiger partial charge on any atom is -0.459 e. The Morgan fingerprint density at radius 3 is 2.61 bits per heavy atom. The third-order valence-electron chi connectivity index (χ3n) is 5.46. The van der Waals surface area contributed by atoms with Crippen LogP contribution in [0.3, 0.4) is 0 Å². The molecule has 0 bridgehead atoms. The number of furan rings is 1. The van der Waals surface area contributed by atoms with E-state index < -0.39 is 16.1 Å². The van der Waals surface area contributed by atoms with Gasteiger partial charge in [-0.1, -0.05) is 12.1 Å². The number of nitrogens with zero attached hydrogens (tertiary/aromatic N) is 3. The predicted molar refractivity (Wildman–Crippen MR) is 124 cm³/mol. The molecule has 174 valence electrons. The lowest BCUT2D eigenvalue weighted by Crippen LogP contribution is -2.49. The van der Waals surface area contributed by atoms with Gasteiger partial charge < -0.3 is 14.6 Å². The van der Waals surface area contributed by atoms with Gasteiger partial charge in [0.1, 0.15) is 6.04 Å². The lowest BCUT2D eigenvalue weighted by Gasteiger charge is -2.33. The molecule has 1 saturated heterocycles. The second-order valence-electron chi connectivity index (χ2n) is 7.83. The SMILES string of the molecule is CN(C)S(=O)(=O)c1ccc(-c2csc(NC(=O)C3CCCCN3C(=O)c3ccco3)n2)cc1. The highest BCUT2D eigenvalue weighted by Crippen LogP contribution is 2.28. The first-order valence-electron chi connectivity index (χ1n) is 10.4. The number of hydrogen-bond donors (Lipinski definition) is 1. The van der Waals surface area contributed by atoms with Crippen LogP contribution in [0.15, 0.2) is 57.4 Å². The number of aromatic nitrogens is 1. The smallest absolute Gasteiger partial charge is 0.290 e. The third kappa shape index (κ3) is 4.85. The zero-order valence-corrected chi connectivity index (χ0v) is 19.9. The molecule has 11 heteroatoms. The first-order chi connectivity index (χ1) is 15.8. The molecule has 1 atom stereocenters. The zero-order valence-electron chi connectivity index (χ0n) is 18.2. The lowest BCUT2D eigenvalue weighted by molar-refractivity contribution is -0.121. The van der Waals surface area contributed by atoms with Crippen molar-refractivity contribution in [2.45, 2.75) is 30.2 Å². The van der Waals surface area contributed by atoms with Crippen LogP contribution >= 0.6 is 11.3 Å². The molecule has 0 spiro atoms. The number of hydrogen-bond acceptors (Lipinski definition) is 7. The van der Waals surface area contributed by atoms with E-state index in [0.29, 0.717) is 23.8 Å².